The second-order valence-corrected chi connectivity index (χ2v) is 4.08. The van der Waals surface area contributed by atoms with Gasteiger partial charge in [0.05, 0.1) is 19.2 Å². The fourth-order valence-electron chi connectivity index (χ4n) is 2.07. The van der Waals surface area contributed by atoms with Crippen LogP contribution in [0, 0.1) is 11.8 Å². The smallest absolute Gasteiger partial charge is 0.310 e. The number of carbonyl (C=O) groups is 1. The van der Waals surface area contributed by atoms with E-state index in [1.54, 1.807) is 18.6 Å². The normalized spacial score (nSPS) is 24.5. The third-order valence-corrected chi connectivity index (χ3v) is 2.99. The number of nitrogens with zero attached hydrogens (tertiary/aromatic N) is 3. The van der Waals surface area contributed by atoms with Gasteiger partial charge in [-0.15, -0.1) is 0 Å². The van der Waals surface area contributed by atoms with Crippen molar-refractivity contribution in [2.75, 3.05) is 25.1 Å². The summed E-state index contributed by atoms with van der Waals surface area (Å²) in [5.74, 6) is 0.904. The minimum absolute atomic E-state index is 0.0630. The Balaban J connectivity index is 2.10. The lowest BCUT2D eigenvalue weighted by Crippen LogP contribution is -2.24. The van der Waals surface area contributed by atoms with Gasteiger partial charge in [0.15, 0.2) is 0 Å². The van der Waals surface area contributed by atoms with E-state index in [0.717, 1.165) is 12.4 Å². The van der Waals surface area contributed by atoms with Crippen LogP contribution in [0.1, 0.15) is 6.92 Å². The molecule has 0 aliphatic carbocycles. The van der Waals surface area contributed by atoms with Gasteiger partial charge in [-0.2, -0.15) is 0 Å². The predicted molar refractivity (Wildman–Crippen MR) is 58.9 cm³/mol. The number of rotatable bonds is 2. The zero-order chi connectivity index (χ0) is 11.5. The molecule has 0 saturated carbocycles. The van der Waals surface area contributed by atoms with Gasteiger partial charge in [0, 0.05) is 25.5 Å². The van der Waals surface area contributed by atoms with Gasteiger partial charge in [0.1, 0.15) is 5.82 Å². The quantitative estimate of drug-likeness (QED) is 0.689. The zero-order valence-corrected chi connectivity index (χ0v) is 9.46. The molecule has 2 rings (SSSR count). The number of methoxy groups -OCH3 is 1. The van der Waals surface area contributed by atoms with Crippen molar-refractivity contribution in [3.05, 3.63) is 18.6 Å². The maximum Gasteiger partial charge on any atom is 0.310 e. The molecule has 0 spiro atoms. The van der Waals surface area contributed by atoms with E-state index in [9.17, 15) is 4.79 Å². The molecule has 0 amide bonds. The molecule has 1 fully saturated rings. The van der Waals surface area contributed by atoms with Crippen molar-refractivity contribution in [2.24, 2.45) is 11.8 Å². The molecule has 1 aliphatic rings. The summed E-state index contributed by atoms with van der Waals surface area (Å²) >= 11 is 0. The predicted octanol–water partition coefficient (Wildman–Crippen LogP) is 0.722. The van der Waals surface area contributed by atoms with Crippen molar-refractivity contribution < 1.29 is 9.53 Å². The van der Waals surface area contributed by atoms with Crippen LogP contribution >= 0.6 is 0 Å². The maximum absolute atomic E-state index is 11.5. The van der Waals surface area contributed by atoms with E-state index in [4.69, 9.17) is 4.74 Å². The van der Waals surface area contributed by atoms with Crippen LogP contribution in [0.4, 0.5) is 5.82 Å². The highest BCUT2D eigenvalue weighted by Crippen LogP contribution is 2.26. The third kappa shape index (κ3) is 1.98. The molecule has 2 atom stereocenters. The van der Waals surface area contributed by atoms with Crippen molar-refractivity contribution in [1.82, 2.24) is 9.97 Å². The van der Waals surface area contributed by atoms with E-state index < -0.39 is 0 Å². The van der Waals surface area contributed by atoms with Crippen LogP contribution in [0.15, 0.2) is 18.6 Å². The van der Waals surface area contributed by atoms with Gasteiger partial charge < -0.3 is 9.64 Å². The molecular formula is C11H15N3O2. The SMILES string of the molecule is COC(=O)C1CN(c2cnccn2)CC1C. The molecule has 1 aromatic heterocycles. The first kappa shape index (κ1) is 10.9. The van der Waals surface area contributed by atoms with Crippen LogP contribution in [0.2, 0.25) is 0 Å². The molecular weight excluding hydrogens is 206 g/mol. The van der Waals surface area contributed by atoms with E-state index in [1.165, 1.54) is 7.11 Å². The topological polar surface area (TPSA) is 55.3 Å². The molecule has 5 heteroatoms. The molecule has 5 nitrogen and oxygen atoms in total. The summed E-state index contributed by atoms with van der Waals surface area (Å²) in [5.41, 5.74) is 0. The number of anilines is 1. The van der Waals surface area contributed by atoms with Crippen molar-refractivity contribution in [3.8, 4) is 0 Å². The molecule has 86 valence electrons. The lowest BCUT2D eigenvalue weighted by molar-refractivity contribution is -0.145. The largest absolute Gasteiger partial charge is 0.469 e. The summed E-state index contributed by atoms with van der Waals surface area (Å²) in [6.07, 6.45) is 5.01. The van der Waals surface area contributed by atoms with Crippen molar-refractivity contribution >= 4 is 11.8 Å². The summed E-state index contributed by atoms with van der Waals surface area (Å²) < 4.78 is 4.79. The number of hydrogen-bond acceptors (Lipinski definition) is 5. The average Bonchev–Trinajstić information content (AvgIpc) is 2.71. The third-order valence-electron chi connectivity index (χ3n) is 2.99. The van der Waals surface area contributed by atoms with E-state index >= 15 is 0 Å². The van der Waals surface area contributed by atoms with E-state index in [-0.39, 0.29) is 17.8 Å². The maximum atomic E-state index is 11.5. The van der Waals surface area contributed by atoms with Gasteiger partial charge in [-0.25, -0.2) is 4.98 Å². The van der Waals surface area contributed by atoms with Gasteiger partial charge in [-0.3, -0.25) is 9.78 Å². The number of aromatic nitrogens is 2. The van der Waals surface area contributed by atoms with Crippen molar-refractivity contribution in [2.45, 2.75) is 6.92 Å². The van der Waals surface area contributed by atoms with E-state index in [1.807, 2.05) is 0 Å². The van der Waals surface area contributed by atoms with Crippen LogP contribution in [0.5, 0.6) is 0 Å². The second-order valence-electron chi connectivity index (χ2n) is 4.08. The molecule has 2 heterocycles. The Morgan fingerprint density at radius 2 is 2.31 bits per heavy atom. The highest BCUT2D eigenvalue weighted by Gasteiger charge is 2.36. The van der Waals surface area contributed by atoms with Crippen molar-refractivity contribution in [3.63, 3.8) is 0 Å². The number of carbonyl (C=O) groups excluding carboxylic acids is 1. The first-order valence-corrected chi connectivity index (χ1v) is 5.31. The first-order chi connectivity index (χ1) is 7.72. The summed E-state index contributed by atoms with van der Waals surface area (Å²) in [5, 5.41) is 0. The summed E-state index contributed by atoms with van der Waals surface area (Å²) in [6, 6.07) is 0. The standard InChI is InChI=1S/C11H15N3O2/c1-8-6-14(7-9(8)11(15)16-2)10-5-12-3-4-13-10/h3-5,8-9H,6-7H2,1-2H3. The van der Waals surface area contributed by atoms with Gasteiger partial charge in [0.25, 0.3) is 0 Å². The van der Waals surface area contributed by atoms with Gasteiger partial charge in [-0.05, 0) is 5.92 Å². The fraction of sp³-hybridized carbons (Fsp3) is 0.545. The Kier molecular flexibility index (Phi) is 3.03. The Bertz CT molecular complexity index is 369. The molecule has 0 N–H and O–H groups in total. The Labute approximate surface area is 94.5 Å². The fourth-order valence-corrected chi connectivity index (χ4v) is 2.07. The van der Waals surface area contributed by atoms with E-state index in [0.29, 0.717) is 6.54 Å². The molecule has 1 aliphatic heterocycles. The lowest BCUT2D eigenvalue weighted by Gasteiger charge is -2.15. The Hall–Kier alpha value is -1.65. The Morgan fingerprint density at radius 1 is 1.50 bits per heavy atom. The molecule has 1 aromatic rings. The molecule has 0 radical (unpaired) electrons. The van der Waals surface area contributed by atoms with Gasteiger partial charge in [-0.1, -0.05) is 6.92 Å². The van der Waals surface area contributed by atoms with Crippen LogP contribution in [-0.4, -0.2) is 36.1 Å². The lowest BCUT2D eigenvalue weighted by atomic mass is 9.99. The van der Waals surface area contributed by atoms with Gasteiger partial charge >= 0.3 is 5.97 Å². The molecule has 0 bridgehead atoms. The number of ether oxygens (including phenoxy) is 1. The minimum Gasteiger partial charge on any atom is -0.469 e. The number of esters is 1. The molecule has 1 saturated heterocycles. The number of hydrogen-bond donors (Lipinski definition) is 0. The zero-order valence-electron chi connectivity index (χ0n) is 9.46. The van der Waals surface area contributed by atoms with E-state index in [2.05, 4.69) is 21.8 Å². The second kappa shape index (κ2) is 4.47. The summed E-state index contributed by atoms with van der Waals surface area (Å²) in [6.45, 7) is 3.53. The monoisotopic (exact) mass is 221 g/mol. The summed E-state index contributed by atoms with van der Waals surface area (Å²) in [7, 11) is 1.43. The van der Waals surface area contributed by atoms with Crippen molar-refractivity contribution in [1.29, 1.82) is 0 Å². The van der Waals surface area contributed by atoms with Crippen LogP contribution in [0.25, 0.3) is 0 Å². The summed E-state index contributed by atoms with van der Waals surface area (Å²) in [4.78, 5) is 21.8. The molecule has 16 heavy (non-hydrogen) atoms. The average molecular weight is 221 g/mol. The molecule has 0 aromatic carbocycles. The highest BCUT2D eigenvalue weighted by molar-refractivity contribution is 5.74. The van der Waals surface area contributed by atoms with Crippen LogP contribution < -0.4 is 4.90 Å². The highest BCUT2D eigenvalue weighted by atomic mass is 16.5. The minimum atomic E-state index is -0.140. The first-order valence-electron chi connectivity index (χ1n) is 5.31. The van der Waals surface area contributed by atoms with Gasteiger partial charge in [0.2, 0.25) is 0 Å². The Morgan fingerprint density at radius 3 is 2.94 bits per heavy atom. The van der Waals surface area contributed by atoms with Crippen LogP contribution in [-0.2, 0) is 9.53 Å². The molecule has 2 unspecified atom stereocenters. The van der Waals surface area contributed by atoms with Crippen LogP contribution in [0.3, 0.4) is 0 Å².